The Bertz CT molecular complexity index is 1100. The highest BCUT2D eigenvalue weighted by molar-refractivity contribution is 9.10. The third-order valence-electron chi connectivity index (χ3n) is 4.47. The van der Waals surface area contributed by atoms with E-state index in [1.165, 1.54) is 12.1 Å². The average Bonchev–Trinajstić information content (AvgIpc) is 2.73. The molecule has 0 spiro atoms. The van der Waals surface area contributed by atoms with Crippen molar-refractivity contribution in [2.75, 3.05) is 4.72 Å². The minimum absolute atomic E-state index is 0. The maximum atomic E-state index is 13.6. The molecule has 10 heteroatoms. The highest BCUT2D eigenvalue weighted by Crippen LogP contribution is 2.35. The number of aromatic nitrogens is 1. The van der Waals surface area contributed by atoms with Crippen molar-refractivity contribution in [1.82, 2.24) is 4.98 Å². The standard InChI is InChI=1S/C22H18BrF3N2O2S.H2O/c23-20-5-1-2-6-21(20)31(30)28-17-9-8-16(19(13-17)22(24,25)26)12-18(29)10-7-15-4-3-11-27-14-15;/h1-6,8-9,11,13-14,28H,7,10,12H2;1H2. The predicted molar refractivity (Wildman–Crippen MR) is 120 cm³/mol. The number of anilines is 1. The number of ketones is 1. The van der Waals surface area contributed by atoms with Gasteiger partial charge in [0, 0.05) is 35.4 Å². The zero-order chi connectivity index (χ0) is 22.4. The van der Waals surface area contributed by atoms with Crippen LogP contribution in [0.4, 0.5) is 18.9 Å². The number of hydrogen-bond acceptors (Lipinski definition) is 3. The van der Waals surface area contributed by atoms with E-state index in [9.17, 15) is 22.2 Å². The lowest BCUT2D eigenvalue weighted by Crippen LogP contribution is -2.14. The van der Waals surface area contributed by atoms with Crippen molar-refractivity contribution in [2.45, 2.75) is 30.3 Å². The number of pyridine rings is 1. The molecule has 0 aliphatic carbocycles. The second-order valence-corrected chi connectivity index (χ2v) is 8.78. The van der Waals surface area contributed by atoms with E-state index in [2.05, 4.69) is 25.6 Å². The Hall–Kier alpha value is -2.56. The lowest BCUT2D eigenvalue weighted by atomic mass is 9.98. The summed E-state index contributed by atoms with van der Waals surface area (Å²) in [5.74, 6) is -0.299. The van der Waals surface area contributed by atoms with E-state index >= 15 is 0 Å². The van der Waals surface area contributed by atoms with Crippen LogP contribution in [0, 0.1) is 0 Å². The van der Waals surface area contributed by atoms with Crippen LogP contribution in [0.15, 0.2) is 76.4 Å². The van der Waals surface area contributed by atoms with Crippen molar-refractivity contribution in [2.24, 2.45) is 0 Å². The number of carbonyl (C=O) groups excluding carboxylic acids is 1. The van der Waals surface area contributed by atoms with Gasteiger partial charge in [0.05, 0.1) is 10.5 Å². The number of halogens is 4. The summed E-state index contributed by atoms with van der Waals surface area (Å²) in [6.45, 7) is 0. The summed E-state index contributed by atoms with van der Waals surface area (Å²) in [4.78, 5) is 16.7. The number of alkyl halides is 3. The number of carbonyl (C=O) groups is 1. The SMILES string of the molecule is O.O=C(CCc1cccnc1)Cc1ccc(NS(=O)c2ccccc2Br)cc1C(F)(F)F. The monoisotopic (exact) mass is 528 g/mol. The Balaban J connectivity index is 0.00000363. The Kier molecular flexibility index (Phi) is 9.11. The molecule has 0 saturated heterocycles. The zero-order valence-corrected chi connectivity index (χ0v) is 19.1. The molecule has 2 aromatic carbocycles. The van der Waals surface area contributed by atoms with Gasteiger partial charge in [-0.3, -0.25) is 9.78 Å². The van der Waals surface area contributed by atoms with Gasteiger partial charge in [0.2, 0.25) is 0 Å². The first-order valence-corrected chi connectivity index (χ1v) is 11.2. The first-order valence-electron chi connectivity index (χ1n) is 9.27. The fraction of sp³-hybridized carbons (Fsp3) is 0.182. The van der Waals surface area contributed by atoms with E-state index < -0.39 is 22.7 Å². The Labute approximate surface area is 194 Å². The molecule has 0 saturated carbocycles. The normalized spacial score (nSPS) is 12.0. The van der Waals surface area contributed by atoms with E-state index in [1.54, 1.807) is 42.7 Å². The minimum atomic E-state index is -4.65. The van der Waals surface area contributed by atoms with E-state index in [0.29, 0.717) is 15.8 Å². The molecule has 0 aliphatic rings. The van der Waals surface area contributed by atoms with Crippen LogP contribution in [0.3, 0.4) is 0 Å². The minimum Gasteiger partial charge on any atom is -0.412 e. The van der Waals surface area contributed by atoms with Crippen LogP contribution in [0.1, 0.15) is 23.1 Å². The summed E-state index contributed by atoms with van der Waals surface area (Å²) in [6.07, 6.45) is -1.21. The molecule has 0 aliphatic heterocycles. The van der Waals surface area contributed by atoms with Gasteiger partial charge in [0.1, 0.15) is 5.78 Å². The summed E-state index contributed by atoms with van der Waals surface area (Å²) in [5, 5.41) is 0. The molecule has 1 heterocycles. The van der Waals surface area contributed by atoms with Crippen LogP contribution in [0.2, 0.25) is 0 Å². The highest BCUT2D eigenvalue weighted by Gasteiger charge is 2.34. The van der Waals surface area contributed by atoms with Crippen LogP contribution < -0.4 is 4.72 Å². The number of Topliss-reactive ketones (excluding diaryl/α,β-unsaturated/α-hetero) is 1. The molecule has 0 amide bonds. The molecule has 3 aromatic rings. The van der Waals surface area contributed by atoms with Gasteiger partial charge in [-0.25, -0.2) is 4.21 Å². The molecule has 0 bridgehead atoms. The molecule has 1 unspecified atom stereocenters. The van der Waals surface area contributed by atoms with Crippen LogP contribution in [-0.2, 0) is 34.8 Å². The quantitative estimate of drug-likeness (QED) is 0.450. The van der Waals surface area contributed by atoms with Crippen molar-refractivity contribution >= 4 is 38.4 Å². The van der Waals surface area contributed by atoms with Gasteiger partial charge in [-0.15, -0.1) is 0 Å². The van der Waals surface area contributed by atoms with Gasteiger partial charge in [0.25, 0.3) is 0 Å². The van der Waals surface area contributed by atoms with Crippen LogP contribution in [-0.4, -0.2) is 20.5 Å². The van der Waals surface area contributed by atoms with Crippen molar-refractivity contribution in [3.8, 4) is 0 Å². The summed E-state index contributed by atoms with van der Waals surface area (Å²) in [7, 11) is -1.76. The lowest BCUT2D eigenvalue weighted by molar-refractivity contribution is -0.138. The Morgan fingerprint density at radius 2 is 1.84 bits per heavy atom. The van der Waals surface area contributed by atoms with Crippen molar-refractivity contribution in [1.29, 1.82) is 0 Å². The maximum Gasteiger partial charge on any atom is 0.416 e. The van der Waals surface area contributed by atoms with Gasteiger partial charge in [0.15, 0.2) is 11.0 Å². The summed E-state index contributed by atoms with van der Waals surface area (Å²) < 4.78 is 56.5. The second-order valence-electron chi connectivity index (χ2n) is 6.75. The number of nitrogens with one attached hydrogen (secondary N) is 1. The zero-order valence-electron chi connectivity index (χ0n) is 16.7. The van der Waals surface area contributed by atoms with Crippen molar-refractivity contribution in [3.63, 3.8) is 0 Å². The number of rotatable bonds is 8. The second kappa shape index (κ2) is 11.3. The molecular formula is C22H20BrF3N2O3S. The number of nitrogens with zero attached hydrogens (tertiary/aromatic N) is 1. The molecule has 0 radical (unpaired) electrons. The van der Waals surface area contributed by atoms with Gasteiger partial charge in [-0.1, -0.05) is 24.3 Å². The van der Waals surface area contributed by atoms with Gasteiger partial charge >= 0.3 is 6.18 Å². The number of hydrogen-bond donors (Lipinski definition) is 1. The number of aryl methyl sites for hydroxylation is 1. The van der Waals surface area contributed by atoms with Crippen molar-refractivity contribution < 1.29 is 27.7 Å². The van der Waals surface area contributed by atoms with E-state index in [0.717, 1.165) is 11.6 Å². The fourth-order valence-corrected chi connectivity index (χ4v) is 4.57. The molecule has 5 nitrogen and oxygen atoms in total. The smallest absolute Gasteiger partial charge is 0.412 e. The number of benzene rings is 2. The molecule has 170 valence electrons. The van der Waals surface area contributed by atoms with E-state index in [4.69, 9.17) is 0 Å². The van der Waals surface area contributed by atoms with Gasteiger partial charge < -0.3 is 10.2 Å². The van der Waals surface area contributed by atoms with Gasteiger partial charge in [-0.05, 0) is 63.8 Å². The third-order valence-corrected chi connectivity index (χ3v) is 6.60. The molecule has 32 heavy (non-hydrogen) atoms. The molecule has 3 N–H and O–H groups in total. The molecule has 0 fully saturated rings. The average molecular weight is 529 g/mol. The summed E-state index contributed by atoms with van der Waals surface area (Å²) >= 11 is 3.27. The topological polar surface area (TPSA) is 90.6 Å². The summed E-state index contributed by atoms with van der Waals surface area (Å²) in [6, 6.07) is 13.8. The van der Waals surface area contributed by atoms with Crippen LogP contribution in [0.25, 0.3) is 0 Å². The maximum absolute atomic E-state index is 13.6. The fourth-order valence-electron chi connectivity index (χ4n) is 2.95. The van der Waals surface area contributed by atoms with E-state index in [-0.39, 0.29) is 35.4 Å². The summed E-state index contributed by atoms with van der Waals surface area (Å²) in [5.41, 5.74) is -0.133. The largest absolute Gasteiger partial charge is 0.416 e. The highest BCUT2D eigenvalue weighted by atomic mass is 79.9. The van der Waals surface area contributed by atoms with Crippen molar-refractivity contribution in [3.05, 3.63) is 88.2 Å². The molecule has 1 atom stereocenters. The van der Waals surface area contributed by atoms with Crippen LogP contribution in [0.5, 0.6) is 0 Å². The van der Waals surface area contributed by atoms with Gasteiger partial charge in [-0.2, -0.15) is 13.2 Å². The Morgan fingerprint density at radius 3 is 2.50 bits per heavy atom. The first kappa shape index (κ1) is 25.7. The first-order chi connectivity index (χ1) is 14.7. The predicted octanol–water partition coefficient (Wildman–Crippen LogP) is 4.92. The Morgan fingerprint density at radius 1 is 1.09 bits per heavy atom. The van der Waals surface area contributed by atoms with E-state index in [1.807, 2.05) is 6.07 Å². The third kappa shape index (κ3) is 6.98. The molecule has 3 rings (SSSR count). The lowest BCUT2D eigenvalue weighted by Gasteiger charge is -2.15. The molecular weight excluding hydrogens is 509 g/mol. The molecule has 1 aromatic heterocycles. The van der Waals surface area contributed by atoms with Crippen LogP contribution >= 0.6 is 15.9 Å².